The Bertz CT molecular complexity index is 447. The third-order valence-electron chi connectivity index (χ3n) is 4.11. The molecule has 0 atom stereocenters. The van der Waals surface area contributed by atoms with Gasteiger partial charge < -0.3 is 9.47 Å². The molecular weight excluding hydrogens is 280 g/mol. The number of ether oxygens (including phenoxy) is 2. The summed E-state index contributed by atoms with van der Waals surface area (Å²) in [5.74, 6) is -0.551. The van der Waals surface area contributed by atoms with Gasteiger partial charge in [-0.05, 0) is 44.3 Å². The molecule has 0 spiro atoms. The zero-order valence-corrected chi connectivity index (χ0v) is 13.8. The van der Waals surface area contributed by atoms with Gasteiger partial charge in [-0.25, -0.2) is 0 Å². The fourth-order valence-corrected chi connectivity index (χ4v) is 2.62. The van der Waals surface area contributed by atoms with Crippen molar-refractivity contribution in [2.45, 2.75) is 45.4 Å². The van der Waals surface area contributed by atoms with E-state index in [1.54, 1.807) is 12.2 Å². The Hall–Kier alpha value is -1.80. The monoisotopic (exact) mass is 306 g/mol. The smallest absolute Gasteiger partial charge is 0.323 e. The van der Waals surface area contributed by atoms with E-state index in [9.17, 15) is 9.59 Å². The van der Waals surface area contributed by atoms with Crippen LogP contribution in [0.15, 0.2) is 30.0 Å². The van der Waals surface area contributed by atoms with Gasteiger partial charge in [0, 0.05) is 0 Å². The second-order valence-corrected chi connectivity index (χ2v) is 5.85. The Morgan fingerprint density at radius 2 is 1.73 bits per heavy atom. The molecule has 22 heavy (non-hydrogen) atoms. The van der Waals surface area contributed by atoms with Gasteiger partial charge in [-0.2, -0.15) is 0 Å². The number of esters is 2. The van der Waals surface area contributed by atoms with Gasteiger partial charge in [-0.1, -0.05) is 31.4 Å². The molecule has 122 valence electrons. The van der Waals surface area contributed by atoms with Crippen molar-refractivity contribution in [2.24, 2.45) is 11.3 Å². The summed E-state index contributed by atoms with van der Waals surface area (Å²) in [6, 6.07) is 0. The first-order valence-electron chi connectivity index (χ1n) is 7.79. The molecule has 0 aliphatic heterocycles. The molecule has 4 nitrogen and oxygen atoms in total. The first kappa shape index (κ1) is 18.2. The summed E-state index contributed by atoms with van der Waals surface area (Å²) in [7, 11) is 2.53. The van der Waals surface area contributed by atoms with Crippen LogP contribution < -0.4 is 0 Å². The molecule has 0 unspecified atom stereocenters. The highest BCUT2D eigenvalue weighted by atomic mass is 16.5. The number of carbonyl (C=O) groups is 2. The molecule has 0 amide bonds. The normalized spacial score (nSPS) is 16.0. The van der Waals surface area contributed by atoms with Gasteiger partial charge in [-0.3, -0.25) is 9.59 Å². The molecule has 0 N–H and O–H groups in total. The summed E-state index contributed by atoms with van der Waals surface area (Å²) < 4.78 is 9.38. The van der Waals surface area contributed by atoms with Crippen LogP contribution in [-0.2, 0) is 19.1 Å². The zero-order valence-electron chi connectivity index (χ0n) is 13.8. The van der Waals surface area contributed by atoms with E-state index < -0.39 is 17.4 Å². The standard InChI is InChI=1S/C18H26O4/c1-18(16(19)21-2,17(20)22-3)14-10-5-4-7-11-15-12-8-6-9-13-15/h4-5,10-11,15H,6,8-9,12-14H2,1-3H3/b10-5+. The number of hydrogen-bond acceptors (Lipinski definition) is 4. The van der Waals surface area contributed by atoms with E-state index in [-0.39, 0.29) is 6.42 Å². The summed E-state index contributed by atoms with van der Waals surface area (Å²) in [5, 5.41) is 0. The number of allylic oxidation sites excluding steroid dienone is 3. The van der Waals surface area contributed by atoms with Crippen molar-refractivity contribution in [1.29, 1.82) is 0 Å². The molecule has 1 aliphatic carbocycles. The maximum atomic E-state index is 11.8. The van der Waals surface area contributed by atoms with Gasteiger partial charge in [-0.15, -0.1) is 5.73 Å². The maximum Gasteiger partial charge on any atom is 0.323 e. The molecule has 0 bridgehead atoms. The van der Waals surface area contributed by atoms with Crippen LogP contribution in [0.25, 0.3) is 0 Å². The van der Waals surface area contributed by atoms with Gasteiger partial charge in [0.1, 0.15) is 0 Å². The molecule has 1 fully saturated rings. The molecule has 0 aromatic rings. The van der Waals surface area contributed by atoms with Gasteiger partial charge >= 0.3 is 11.9 Å². The Morgan fingerprint density at radius 1 is 1.14 bits per heavy atom. The average molecular weight is 306 g/mol. The van der Waals surface area contributed by atoms with E-state index >= 15 is 0 Å². The van der Waals surface area contributed by atoms with Crippen LogP contribution in [0.4, 0.5) is 0 Å². The Morgan fingerprint density at radius 3 is 2.27 bits per heavy atom. The van der Waals surface area contributed by atoms with E-state index in [0.717, 1.165) is 0 Å². The average Bonchev–Trinajstić information content (AvgIpc) is 2.56. The SMILES string of the molecule is COC(=O)C(C)(C/C=C/C=C=CC1CCCCC1)C(=O)OC. The number of rotatable bonds is 6. The fraction of sp³-hybridized carbons (Fsp3) is 0.611. The van der Waals surface area contributed by atoms with Crippen LogP contribution in [0.2, 0.25) is 0 Å². The molecular formula is C18H26O4. The highest BCUT2D eigenvalue weighted by molar-refractivity contribution is 5.99. The molecule has 0 aromatic carbocycles. The molecule has 4 heteroatoms. The number of hydrogen-bond donors (Lipinski definition) is 0. The second kappa shape index (κ2) is 9.26. The molecule has 0 saturated heterocycles. The first-order valence-corrected chi connectivity index (χ1v) is 7.79. The minimum Gasteiger partial charge on any atom is -0.468 e. The predicted molar refractivity (Wildman–Crippen MR) is 85.1 cm³/mol. The van der Waals surface area contributed by atoms with E-state index in [4.69, 9.17) is 9.47 Å². The van der Waals surface area contributed by atoms with Crippen molar-refractivity contribution in [2.75, 3.05) is 14.2 Å². The minimum atomic E-state index is -1.30. The van der Waals surface area contributed by atoms with E-state index in [1.165, 1.54) is 53.2 Å². The number of carbonyl (C=O) groups excluding carboxylic acids is 2. The summed E-state index contributed by atoms with van der Waals surface area (Å²) in [4.78, 5) is 23.5. The molecule has 0 heterocycles. The number of methoxy groups -OCH3 is 2. The minimum absolute atomic E-state index is 0.230. The maximum absolute atomic E-state index is 11.8. The van der Waals surface area contributed by atoms with Crippen LogP contribution in [0, 0.1) is 11.3 Å². The van der Waals surface area contributed by atoms with E-state index in [2.05, 4.69) is 11.8 Å². The molecule has 0 aromatic heterocycles. The van der Waals surface area contributed by atoms with Gasteiger partial charge in [0.05, 0.1) is 14.2 Å². The first-order chi connectivity index (χ1) is 10.5. The van der Waals surface area contributed by atoms with Crippen molar-refractivity contribution in [1.82, 2.24) is 0 Å². The summed E-state index contributed by atoms with van der Waals surface area (Å²) in [6.45, 7) is 1.52. The Balaban J connectivity index is 2.58. The van der Waals surface area contributed by atoms with Crippen LogP contribution in [0.3, 0.4) is 0 Å². The van der Waals surface area contributed by atoms with Crippen LogP contribution in [0.1, 0.15) is 45.4 Å². The lowest BCUT2D eigenvalue weighted by molar-refractivity contribution is -0.167. The highest BCUT2D eigenvalue weighted by Crippen LogP contribution is 2.26. The van der Waals surface area contributed by atoms with Gasteiger partial charge in [0.15, 0.2) is 5.41 Å². The van der Waals surface area contributed by atoms with Crippen molar-refractivity contribution in [3.05, 3.63) is 30.0 Å². The molecule has 0 radical (unpaired) electrons. The quantitative estimate of drug-likeness (QED) is 0.326. The largest absolute Gasteiger partial charge is 0.468 e. The fourth-order valence-electron chi connectivity index (χ4n) is 2.62. The summed E-state index contributed by atoms with van der Waals surface area (Å²) in [5.41, 5.74) is 1.85. The summed E-state index contributed by atoms with van der Waals surface area (Å²) in [6.07, 6.45) is 14.1. The predicted octanol–water partition coefficient (Wildman–Crippen LogP) is 3.58. The van der Waals surface area contributed by atoms with Crippen LogP contribution in [0.5, 0.6) is 0 Å². The Labute approximate surface area is 132 Å². The molecule has 1 rings (SSSR count). The lowest BCUT2D eigenvalue weighted by Gasteiger charge is -2.21. The van der Waals surface area contributed by atoms with E-state index in [1.807, 2.05) is 6.08 Å². The van der Waals surface area contributed by atoms with Crippen molar-refractivity contribution in [3.63, 3.8) is 0 Å². The van der Waals surface area contributed by atoms with Crippen molar-refractivity contribution in [3.8, 4) is 0 Å². The summed E-state index contributed by atoms with van der Waals surface area (Å²) >= 11 is 0. The Kier molecular flexibility index (Phi) is 7.69. The van der Waals surface area contributed by atoms with Crippen molar-refractivity contribution < 1.29 is 19.1 Å². The highest BCUT2D eigenvalue weighted by Gasteiger charge is 2.42. The van der Waals surface area contributed by atoms with Crippen LogP contribution >= 0.6 is 0 Å². The lowest BCUT2D eigenvalue weighted by Crippen LogP contribution is -2.38. The molecule has 1 saturated carbocycles. The molecule has 1 aliphatic rings. The third-order valence-corrected chi connectivity index (χ3v) is 4.11. The zero-order chi connectivity index (χ0) is 16.4. The van der Waals surface area contributed by atoms with Crippen LogP contribution in [-0.4, -0.2) is 26.2 Å². The third kappa shape index (κ3) is 5.19. The topological polar surface area (TPSA) is 52.6 Å². The van der Waals surface area contributed by atoms with Gasteiger partial charge in [0.25, 0.3) is 0 Å². The lowest BCUT2D eigenvalue weighted by atomic mass is 9.86. The van der Waals surface area contributed by atoms with Crippen molar-refractivity contribution >= 4 is 11.9 Å². The van der Waals surface area contributed by atoms with E-state index in [0.29, 0.717) is 5.92 Å². The van der Waals surface area contributed by atoms with Gasteiger partial charge in [0.2, 0.25) is 0 Å². The second-order valence-electron chi connectivity index (χ2n) is 5.85.